The van der Waals surface area contributed by atoms with Gasteiger partial charge >= 0.3 is 7.12 Å². The second kappa shape index (κ2) is 3.35. The Hall–Kier alpha value is -0.0151. The molecule has 4 fully saturated rings. The maximum Gasteiger partial charge on any atom is 0.464 e. The first-order valence-corrected chi connectivity index (χ1v) is 7.52. The van der Waals surface area contributed by atoms with Crippen LogP contribution in [0.2, 0.25) is 5.31 Å². The minimum absolute atomic E-state index is 0.0356. The van der Waals surface area contributed by atoms with Crippen LogP contribution in [0.5, 0.6) is 0 Å². The zero-order chi connectivity index (χ0) is 13.4. The molecule has 18 heavy (non-hydrogen) atoms. The molecule has 0 N–H and O–H groups in total. The Bertz CT molecular complexity index is 339. The van der Waals surface area contributed by atoms with Gasteiger partial charge in [-0.3, -0.25) is 0 Å². The fraction of sp³-hybridized carbons (Fsp3) is 1.00. The van der Waals surface area contributed by atoms with Gasteiger partial charge in [-0.2, -0.15) is 0 Å². The van der Waals surface area contributed by atoms with Crippen molar-refractivity contribution in [3.63, 3.8) is 0 Å². The molecule has 1 unspecified atom stereocenters. The van der Waals surface area contributed by atoms with Crippen molar-refractivity contribution in [1.82, 2.24) is 0 Å². The van der Waals surface area contributed by atoms with Crippen LogP contribution >= 0.6 is 0 Å². The van der Waals surface area contributed by atoms with E-state index in [4.69, 9.17) is 9.31 Å². The highest BCUT2D eigenvalue weighted by Gasteiger charge is 2.77. The average Bonchev–Trinajstić information content (AvgIpc) is 2.31. The fourth-order valence-electron chi connectivity index (χ4n) is 4.25. The van der Waals surface area contributed by atoms with Crippen LogP contribution in [0.25, 0.3) is 0 Å². The Morgan fingerprint density at radius 3 is 1.83 bits per heavy atom. The van der Waals surface area contributed by atoms with Crippen molar-refractivity contribution in [1.29, 1.82) is 0 Å². The summed E-state index contributed by atoms with van der Waals surface area (Å²) in [5, 5.41) is 0.356. The largest absolute Gasteiger partial charge is 0.464 e. The second-order valence-corrected chi connectivity index (χ2v) is 8.15. The van der Waals surface area contributed by atoms with Crippen molar-refractivity contribution in [3.05, 3.63) is 0 Å². The lowest BCUT2D eigenvalue weighted by atomic mass is 9.22. The molecule has 0 spiro atoms. The van der Waals surface area contributed by atoms with Gasteiger partial charge in [-0.05, 0) is 58.3 Å². The SMILES string of the molecule is CCC(C)C12CC(B3OC(C)(C)C(C)(C)O3)(C1)C2. The Labute approximate surface area is 112 Å². The van der Waals surface area contributed by atoms with Crippen molar-refractivity contribution in [2.45, 2.75) is 83.7 Å². The van der Waals surface area contributed by atoms with E-state index >= 15 is 0 Å². The van der Waals surface area contributed by atoms with Crippen LogP contribution in [0.1, 0.15) is 67.2 Å². The molecule has 3 heteroatoms. The smallest absolute Gasteiger partial charge is 0.403 e. The molecule has 1 saturated heterocycles. The number of rotatable bonds is 3. The molecule has 4 aliphatic rings. The van der Waals surface area contributed by atoms with E-state index in [9.17, 15) is 0 Å². The molecule has 4 rings (SSSR count). The highest BCUT2D eigenvalue weighted by molar-refractivity contribution is 6.51. The van der Waals surface area contributed by atoms with E-state index in [0.717, 1.165) is 5.92 Å². The van der Waals surface area contributed by atoms with Gasteiger partial charge in [-0.1, -0.05) is 20.3 Å². The number of hydrogen-bond donors (Lipinski definition) is 0. The summed E-state index contributed by atoms with van der Waals surface area (Å²) in [6.07, 6.45) is 5.28. The van der Waals surface area contributed by atoms with Gasteiger partial charge in [-0.15, -0.1) is 0 Å². The van der Waals surface area contributed by atoms with Gasteiger partial charge in [0.1, 0.15) is 0 Å². The molecule has 1 aliphatic heterocycles. The summed E-state index contributed by atoms with van der Waals surface area (Å²) in [4.78, 5) is 0. The maximum atomic E-state index is 6.25. The molecular weight excluding hydrogens is 223 g/mol. The summed E-state index contributed by atoms with van der Waals surface area (Å²) in [6.45, 7) is 13.3. The van der Waals surface area contributed by atoms with Gasteiger partial charge in [0.05, 0.1) is 11.2 Å². The van der Waals surface area contributed by atoms with Crippen LogP contribution in [-0.4, -0.2) is 18.3 Å². The number of hydrogen-bond acceptors (Lipinski definition) is 2. The third kappa shape index (κ3) is 1.38. The summed E-state index contributed by atoms with van der Waals surface area (Å²) in [7, 11) is 0.0356. The van der Waals surface area contributed by atoms with E-state index in [0.29, 0.717) is 10.7 Å². The van der Waals surface area contributed by atoms with E-state index in [-0.39, 0.29) is 18.3 Å². The minimum Gasteiger partial charge on any atom is -0.403 e. The third-order valence-electron chi connectivity index (χ3n) is 6.52. The normalized spacial score (nSPS) is 45.3. The first-order valence-electron chi connectivity index (χ1n) is 7.52. The van der Waals surface area contributed by atoms with Crippen LogP contribution in [0.4, 0.5) is 0 Å². The summed E-state index contributed by atoms with van der Waals surface area (Å²) in [5.74, 6) is 0.863. The molecule has 1 atom stereocenters. The minimum atomic E-state index is -0.170. The quantitative estimate of drug-likeness (QED) is 0.703. The van der Waals surface area contributed by atoms with Crippen molar-refractivity contribution in [2.24, 2.45) is 11.3 Å². The lowest BCUT2D eigenvalue weighted by Crippen LogP contribution is -2.66. The molecule has 0 aromatic rings. The van der Waals surface area contributed by atoms with Gasteiger partial charge in [-0.25, -0.2) is 0 Å². The molecule has 2 nitrogen and oxygen atoms in total. The lowest BCUT2D eigenvalue weighted by Gasteiger charge is -2.73. The van der Waals surface area contributed by atoms with Crippen molar-refractivity contribution >= 4 is 7.12 Å². The maximum absolute atomic E-state index is 6.25. The monoisotopic (exact) mass is 250 g/mol. The molecule has 3 saturated carbocycles. The lowest BCUT2D eigenvalue weighted by molar-refractivity contribution is -0.148. The molecule has 2 bridgehead atoms. The van der Waals surface area contributed by atoms with Crippen LogP contribution in [0.15, 0.2) is 0 Å². The average molecular weight is 250 g/mol. The Kier molecular flexibility index (Phi) is 2.42. The molecular formula is C15H27BO2. The van der Waals surface area contributed by atoms with Gasteiger partial charge in [0.15, 0.2) is 0 Å². The Morgan fingerprint density at radius 2 is 1.44 bits per heavy atom. The van der Waals surface area contributed by atoms with Gasteiger partial charge < -0.3 is 9.31 Å². The van der Waals surface area contributed by atoms with E-state index in [1.807, 2.05) is 0 Å². The summed E-state index contributed by atoms with van der Waals surface area (Å²) < 4.78 is 12.5. The second-order valence-electron chi connectivity index (χ2n) is 8.15. The van der Waals surface area contributed by atoms with E-state index in [1.54, 1.807) is 0 Å². The molecule has 0 amide bonds. The topological polar surface area (TPSA) is 18.5 Å². The first kappa shape index (κ1) is 13.0. The van der Waals surface area contributed by atoms with Gasteiger partial charge in [0, 0.05) is 5.31 Å². The standard InChI is InChI=1S/C15H27BO2/c1-7-11(2)14-8-15(9-14,10-14)16-17-12(3,4)13(5,6)18-16/h11H,7-10H2,1-6H3. The molecule has 1 heterocycles. The Balaban J connectivity index is 1.68. The van der Waals surface area contributed by atoms with Gasteiger partial charge in [0.2, 0.25) is 0 Å². The van der Waals surface area contributed by atoms with E-state index < -0.39 is 0 Å². The molecule has 3 aliphatic carbocycles. The predicted molar refractivity (Wildman–Crippen MR) is 74.5 cm³/mol. The third-order valence-corrected chi connectivity index (χ3v) is 6.52. The van der Waals surface area contributed by atoms with Crippen LogP contribution in [0, 0.1) is 11.3 Å². The summed E-state index contributed by atoms with van der Waals surface area (Å²) in [6, 6.07) is 0. The van der Waals surface area contributed by atoms with Gasteiger partial charge in [0.25, 0.3) is 0 Å². The van der Waals surface area contributed by atoms with Crippen molar-refractivity contribution in [3.8, 4) is 0 Å². The molecule has 102 valence electrons. The highest BCUT2D eigenvalue weighted by Crippen LogP contribution is 2.83. The summed E-state index contributed by atoms with van der Waals surface area (Å²) in [5.41, 5.74) is 0.297. The zero-order valence-electron chi connectivity index (χ0n) is 12.8. The van der Waals surface area contributed by atoms with Crippen LogP contribution in [0.3, 0.4) is 0 Å². The Morgan fingerprint density at radius 1 is 1.00 bits per heavy atom. The highest BCUT2D eigenvalue weighted by atomic mass is 16.7. The zero-order valence-corrected chi connectivity index (χ0v) is 12.8. The first-order chi connectivity index (χ1) is 8.16. The molecule has 0 radical (unpaired) electrons. The van der Waals surface area contributed by atoms with Crippen molar-refractivity contribution in [2.75, 3.05) is 0 Å². The van der Waals surface area contributed by atoms with E-state index in [2.05, 4.69) is 41.5 Å². The molecule has 0 aromatic carbocycles. The van der Waals surface area contributed by atoms with Crippen molar-refractivity contribution < 1.29 is 9.31 Å². The fourth-order valence-corrected chi connectivity index (χ4v) is 4.25. The predicted octanol–water partition coefficient (Wildman–Crippen LogP) is 4.05. The van der Waals surface area contributed by atoms with Crippen LogP contribution < -0.4 is 0 Å². The summed E-state index contributed by atoms with van der Waals surface area (Å²) >= 11 is 0. The molecule has 0 aromatic heterocycles. The van der Waals surface area contributed by atoms with E-state index in [1.165, 1.54) is 25.7 Å². The van der Waals surface area contributed by atoms with Crippen LogP contribution in [-0.2, 0) is 9.31 Å².